The lowest BCUT2D eigenvalue weighted by atomic mass is 10.1. The molecule has 0 saturated heterocycles. The van der Waals surface area contributed by atoms with Gasteiger partial charge in [-0.25, -0.2) is 4.98 Å². The number of hydrogen-bond donors (Lipinski definition) is 2. The quantitative estimate of drug-likeness (QED) is 0.443. The summed E-state index contributed by atoms with van der Waals surface area (Å²) in [6, 6.07) is 15.0. The van der Waals surface area contributed by atoms with Crippen molar-refractivity contribution in [2.45, 2.75) is 0 Å². The molecule has 0 aliphatic rings. The number of para-hydroxylation sites is 2. The van der Waals surface area contributed by atoms with Crippen molar-refractivity contribution in [3.05, 3.63) is 60.2 Å². The standard InChI is InChI=1S/C23H20N2O6/c1-28-19-10-13(11-20(29-2)21(19)30-3)22(27)24-14-8-9-17(26)15(12-14)23-25-16-6-4-5-7-18(16)31-23/h4-12,26H,1-3H3,(H,24,27). The number of rotatable bonds is 6. The van der Waals surface area contributed by atoms with Crippen LogP contribution in [0, 0.1) is 0 Å². The van der Waals surface area contributed by atoms with Crippen molar-refractivity contribution in [2.75, 3.05) is 26.6 Å². The van der Waals surface area contributed by atoms with Gasteiger partial charge in [-0.2, -0.15) is 0 Å². The van der Waals surface area contributed by atoms with Gasteiger partial charge in [-0.3, -0.25) is 4.79 Å². The van der Waals surface area contributed by atoms with E-state index in [1.54, 1.807) is 30.3 Å². The second-order valence-corrected chi connectivity index (χ2v) is 6.59. The molecule has 1 aromatic heterocycles. The van der Waals surface area contributed by atoms with Crippen molar-refractivity contribution < 1.29 is 28.5 Å². The van der Waals surface area contributed by atoms with Gasteiger partial charge in [0.15, 0.2) is 17.1 Å². The molecule has 0 radical (unpaired) electrons. The van der Waals surface area contributed by atoms with Crippen LogP contribution in [0.4, 0.5) is 5.69 Å². The highest BCUT2D eigenvalue weighted by Gasteiger charge is 2.18. The van der Waals surface area contributed by atoms with Crippen molar-refractivity contribution in [3.63, 3.8) is 0 Å². The zero-order chi connectivity index (χ0) is 22.0. The molecule has 3 aromatic carbocycles. The predicted octanol–water partition coefficient (Wildman–Crippen LogP) is 4.48. The molecule has 4 rings (SSSR count). The number of oxazole rings is 1. The van der Waals surface area contributed by atoms with E-state index in [0.717, 1.165) is 0 Å². The third kappa shape index (κ3) is 3.83. The Balaban J connectivity index is 1.66. The van der Waals surface area contributed by atoms with Crippen LogP contribution in [0.15, 0.2) is 59.0 Å². The number of fused-ring (bicyclic) bond motifs is 1. The van der Waals surface area contributed by atoms with Crippen LogP contribution in [0.1, 0.15) is 10.4 Å². The Morgan fingerprint density at radius 3 is 2.32 bits per heavy atom. The summed E-state index contributed by atoms with van der Waals surface area (Å²) in [7, 11) is 4.45. The van der Waals surface area contributed by atoms with Gasteiger partial charge in [0.05, 0.1) is 26.9 Å². The van der Waals surface area contributed by atoms with Gasteiger partial charge in [0.25, 0.3) is 5.91 Å². The largest absolute Gasteiger partial charge is 0.507 e. The average Bonchev–Trinajstić information content (AvgIpc) is 3.23. The Bertz CT molecular complexity index is 1210. The van der Waals surface area contributed by atoms with E-state index in [9.17, 15) is 9.90 Å². The predicted molar refractivity (Wildman–Crippen MR) is 115 cm³/mol. The summed E-state index contributed by atoms with van der Waals surface area (Å²) < 4.78 is 21.6. The fourth-order valence-electron chi connectivity index (χ4n) is 3.19. The number of aromatic nitrogens is 1. The summed E-state index contributed by atoms with van der Waals surface area (Å²) in [6.07, 6.45) is 0. The Hall–Kier alpha value is -4.20. The number of phenolic OH excluding ortho intramolecular Hbond substituents is 1. The van der Waals surface area contributed by atoms with E-state index in [2.05, 4.69) is 10.3 Å². The fraction of sp³-hybridized carbons (Fsp3) is 0.130. The lowest BCUT2D eigenvalue weighted by Crippen LogP contribution is -2.12. The molecule has 2 N–H and O–H groups in total. The first-order chi connectivity index (χ1) is 15.0. The van der Waals surface area contributed by atoms with E-state index in [-0.39, 0.29) is 11.6 Å². The van der Waals surface area contributed by atoms with Crippen molar-refractivity contribution in [2.24, 2.45) is 0 Å². The van der Waals surface area contributed by atoms with E-state index in [1.807, 2.05) is 18.2 Å². The summed E-state index contributed by atoms with van der Waals surface area (Å²) in [6.45, 7) is 0. The van der Waals surface area contributed by atoms with Crippen LogP contribution in [-0.4, -0.2) is 37.3 Å². The monoisotopic (exact) mass is 420 g/mol. The molecule has 0 unspecified atom stereocenters. The molecular formula is C23H20N2O6. The topological polar surface area (TPSA) is 103 Å². The maximum absolute atomic E-state index is 12.9. The van der Waals surface area contributed by atoms with Crippen molar-refractivity contribution in [1.29, 1.82) is 0 Å². The number of ether oxygens (including phenoxy) is 3. The summed E-state index contributed by atoms with van der Waals surface area (Å²) in [5, 5.41) is 13.1. The zero-order valence-electron chi connectivity index (χ0n) is 17.1. The summed E-state index contributed by atoms with van der Waals surface area (Å²) >= 11 is 0. The van der Waals surface area contributed by atoms with E-state index in [0.29, 0.717) is 45.2 Å². The highest BCUT2D eigenvalue weighted by Crippen LogP contribution is 2.38. The van der Waals surface area contributed by atoms with E-state index in [1.165, 1.54) is 27.4 Å². The molecule has 8 heteroatoms. The number of methoxy groups -OCH3 is 3. The van der Waals surface area contributed by atoms with Crippen LogP contribution in [-0.2, 0) is 0 Å². The number of nitrogens with zero attached hydrogens (tertiary/aromatic N) is 1. The van der Waals surface area contributed by atoms with Crippen molar-refractivity contribution in [3.8, 4) is 34.5 Å². The lowest BCUT2D eigenvalue weighted by Gasteiger charge is -2.14. The maximum atomic E-state index is 12.9. The Labute approximate surface area is 178 Å². The molecule has 0 aliphatic heterocycles. The van der Waals surface area contributed by atoms with Gasteiger partial charge in [-0.1, -0.05) is 12.1 Å². The van der Waals surface area contributed by atoms with Crippen LogP contribution in [0.25, 0.3) is 22.6 Å². The normalized spacial score (nSPS) is 10.7. The second kappa shape index (κ2) is 8.27. The molecule has 8 nitrogen and oxygen atoms in total. The van der Waals surface area contributed by atoms with Gasteiger partial charge in [-0.15, -0.1) is 0 Å². The summed E-state index contributed by atoms with van der Waals surface area (Å²) in [5.74, 6) is 0.965. The Morgan fingerprint density at radius 1 is 0.968 bits per heavy atom. The van der Waals surface area contributed by atoms with Gasteiger partial charge < -0.3 is 29.1 Å². The minimum Gasteiger partial charge on any atom is -0.507 e. The van der Waals surface area contributed by atoms with Gasteiger partial charge in [0.2, 0.25) is 11.6 Å². The SMILES string of the molecule is COc1cc(C(=O)Nc2ccc(O)c(-c3nc4ccccc4o3)c2)cc(OC)c1OC. The maximum Gasteiger partial charge on any atom is 0.255 e. The molecule has 0 bridgehead atoms. The average molecular weight is 420 g/mol. The van der Waals surface area contributed by atoms with Crippen molar-refractivity contribution >= 4 is 22.7 Å². The molecular weight excluding hydrogens is 400 g/mol. The number of carbonyl (C=O) groups excluding carboxylic acids is 1. The molecule has 4 aromatic rings. The van der Waals surface area contributed by atoms with E-state index >= 15 is 0 Å². The number of hydrogen-bond acceptors (Lipinski definition) is 7. The summed E-state index contributed by atoms with van der Waals surface area (Å²) in [4.78, 5) is 17.3. The van der Waals surface area contributed by atoms with E-state index < -0.39 is 5.91 Å². The van der Waals surface area contributed by atoms with Crippen LogP contribution in [0.3, 0.4) is 0 Å². The zero-order valence-corrected chi connectivity index (χ0v) is 17.1. The van der Waals surface area contributed by atoms with Crippen LogP contribution < -0.4 is 19.5 Å². The summed E-state index contributed by atoms with van der Waals surface area (Å²) in [5.41, 5.74) is 2.39. The number of anilines is 1. The molecule has 0 fully saturated rings. The number of phenols is 1. The fourth-order valence-corrected chi connectivity index (χ4v) is 3.19. The highest BCUT2D eigenvalue weighted by atomic mass is 16.5. The minimum absolute atomic E-state index is 0.0164. The molecule has 1 amide bonds. The third-order valence-corrected chi connectivity index (χ3v) is 4.71. The number of amides is 1. The van der Waals surface area contributed by atoms with Gasteiger partial charge >= 0.3 is 0 Å². The lowest BCUT2D eigenvalue weighted by molar-refractivity contribution is 0.102. The Morgan fingerprint density at radius 2 is 1.68 bits per heavy atom. The second-order valence-electron chi connectivity index (χ2n) is 6.59. The first-order valence-electron chi connectivity index (χ1n) is 9.34. The van der Waals surface area contributed by atoms with Crippen molar-refractivity contribution in [1.82, 2.24) is 4.98 Å². The van der Waals surface area contributed by atoms with E-state index in [4.69, 9.17) is 18.6 Å². The molecule has 1 heterocycles. The van der Waals surface area contributed by atoms with Gasteiger partial charge in [0, 0.05) is 11.3 Å². The molecule has 0 atom stereocenters. The van der Waals surface area contributed by atoms with Crippen LogP contribution in [0.2, 0.25) is 0 Å². The first kappa shape index (κ1) is 20.1. The Kier molecular flexibility index (Phi) is 5.36. The number of aromatic hydroxyl groups is 1. The molecule has 158 valence electrons. The number of benzene rings is 3. The molecule has 0 spiro atoms. The van der Waals surface area contributed by atoms with Crippen LogP contribution in [0.5, 0.6) is 23.0 Å². The molecule has 31 heavy (non-hydrogen) atoms. The smallest absolute Gasteiger partial charge is 0.255 e. The third-order valence-electron chi connectivity index (χ3n) is 4.71. The highest BCUT2D eigenvalue weighted by molar-refractivity contribution is 6.05. The van der Waals surface area contributed by atoms with Crippen LogP contribution >= 0.6 is 0 Å². The number of carbonyl (C=O) groups is 1. The van der Waals surface area contributed by atoms with Gasteiger partial charge in [-0.05, 0) is 42.5 Å². The van der Waals surface area contributed by atoms with Gasteiger partial charge in [0.1, 0.15) is 11.3 Å². The number of nitrogens with one attached hydrogen (secondary N) is 1. The molecule has 0 saturated carbocycles. The molecule has 0 aliphatic carbocycles. The first-order valence-corrected chi connectivity index (χ1v) is 9.34. The minimum atomic E-state index is -0.395.